The van der Waals surface area contributed by atoms with Crippen LogP contribution in [0.1, 0.15) is 0 Å². The van der Waals surface area contributed by atoms with Crippen molar-refractivity contribution in [3.8, 4) is 5.88 Å². The predicted octanol–water partition coefficient (Wildman–Crippen LogP) is 2.10. The topological polar surface area (TPSA) is 61.0 Å². The molecule has 0 unspecified atom stereocenters. The van der Waals surface area contributed by atoms with Crippen LogP contribution in [0, 0.1) is 0 Å². The fourth-order valence-electron chi connectivity index (χ4n) is 0.695. The standard InChI is InChI=1S/C7H6BrF4N3O/c8-3-4(13)14-2-15-5(3)16-1-7(11,12)6(9)10/h2,6H,1H2,(H2,13,14,15). The Morgan fingerprint density at radius 3 is 2.62 bits per heavy atom. The molecule has 16 heavy (non-hydrogen) atoms. The highest BCUT2D eigenvalue weighted by Crippen LogP contribution is 2.29. The van der Waals surface area contributed by atoms with Gasteiger partial charge in [-0.2, -0.15) is 8.78 Å². The van der Waals surface area contributed by atoms with E-state index in [-0.39, 0.29) is 16.2 Å². The van der Waals surface area contributed by atoms with Gasteiger partial charge in [0.25, 0.3) is 0 Å². The van der Waals surface area contributed by atoms with Crippen molar-refractivity contribution in [1.29, 1.82) is 0 Å². The van der Waals surface area contributed by atoms with Crippen LogP contribution in [-0.2, 0) is 0 Å². The van der Waals surface area contributed by atoms with Crippen LogP contribution >= 0.6 is 15.9 Å². The lowest BCUT2D eigenvalue weighted by Crippen LogP contribution is -2.34. The predicted molar refractivity (Wildman–Crippen MR) is 50.6 cm³/mol. The molecule has 0 aliphatic heterocycles. The molecule has 0 aliphatic carbocycles. The average molecular weight is 304 g/mol. The van der Waals surface area contributed by atoms with Gasteiger partial charge in [-0.15, -0.1) is 0 Å². The molecule has 0 aliphatic rings. The molecule has 0 amide bonds. The van der Waals surface area contributed by atoms with Gasteiger partial charge in [0.15, 0.2) is 6.61 Å². The third kappa shape index (κ3) is 2.94. The zero-order valence-corrected chi connectivity index (χ0v) is 9.22. The number of aromatic nitrogens is 2. The van der Waals surface area contributed by atoms with Gasteiger partial charge in [0.05, 0.1) is 0 Å². The summed E-state index contributed by atoms with van der Waals surface area (Å²) in [7, 11) is 0. The summed E-state index contributed by atoms with van der Waals surface area (Å²) < 4.78 is 53.1. The van der Waals surface area contributed by atoms with Crippen molar-refractivity contribution in [2.45, 2.75) is 12.3 Å². The Hall–Kier alpha value is -1.12. The maximum Gasteiger partial charge on any atom is 0.340 e. The number of alkyl halides is 4. The van der Waals surface area contributed by atoms with Crippen molar-refractivity contribution in [1.82, 2.24) is 9.97 Å². The van der Waals surface area contributed by atoms with Crippen molar-refractivity contribution in [3.63, 3.8) is 0 Å². The fraction of sp³-hybridized carbons (Fsp3) is 0.429. The first-order valence-corrected chi connectivity index (χ1v) is 4.68. The normalized spacial score (nSPS) is 11.9. The lowest BCUT2D eigenvalue weighted by molar-refractivity contribution is -0.148. The number of nitrogens with two attached hydrogens (primary N) is 1. The summed E-state index contributed by atoms with van der Waals surface area (Å²) in [5.74, 6) is -4.59. The van der Waals surface area contributed by atoms with Crippen molar-refractivity contribution < 1.29 is 22.3 Å². The Kier molecular flexibility index (Phi) is 3.89. The van der Waals surface area contributed by atoms with Gasteiger partial charge in [-0.05, 0) is 15.9 Å². The summed E-state index contributed by atoms with van der Waals surface area (Å²) in [6.45, 7) is -1.49. The summed E-state index contributed by atoms with van der Waals surface area (Å²) in [4.78, 5) is 6.99. The molecule has 2 N–H and O–H groups in total. The quantitative estimate of drug-likeness (QED) is 0.865. The van der Waals surface area contributed by atoms with Gasteiger partial charge in [0.2, 0.25) is 5.88 Å². The van der Waals surface area contributed by atoms with Crippen LogP contribution in [0.5, 0.6) is 5.88 Å². The molecule has 0 spiro atoms. The maximum atomic E-state index is 12.5. The van der Waals surface area contributed by atoms with E-state index in [9.17, 15) is 17.6 Å². The Labute approximate surface area is 95.9 Å². The number of hydrogen-bond acceptors (Lipinski definition) is 4. The van der Waals surface area contributed by atoms with Crippen molar-refractivity contribution in [3.05, 3.63) is 10.8 Å². The molecule has 1 heterocycles. The highest BCUT2D eigenvalue weighted by Gasteiger charge is 2.42. The van der Waals surface area contributed by atoms with Gasteiger partial charge in [0, 0.05) is 0 Å². The van der Waals surface area contributed by atoms with Crippen LogP contribution in [0.25, 0.3) is 0 Å². The number of ether oxygens (including phenoxy) is 1. The highest BCUT2D eigenvalue weighted by atomic mass is 79.9. The number of hydrogen-bond donors (Lipinski definition) is 1. The summed E-state index contributed by atoms with van der Waals surface area (Å²) in [6, 6.07) is 0. The van der Waals surface area contributed by atoms with E-state index in [1.165, 1.54) is 0 Å². The highest BCUT2D eigenvalue weighted by molar-refractivity contribution is 9.10. The molecule has 0 saturated carbocycles. The maximum absolute atomic E-state index is 12.5. The van der Waals surface area contributed by atoms with Crippen LogP contribution in [0.3, 0.4) is 0 Å². The first kappa shape index (κ1) is 12.9. The fourth-order valence-corrected chi connectivity index (χ4v) is 1.01. The molecule has 1 rings (SSSR count). The Morgan fingerprint density at radius 2 is 2.06 bits per heavy atom. The molecule has 90 valence electrons. The van der Waals surface area contributed by atoms with E-state index < -0.39 is 19.0 Å². The second kappa shape index (κ2) is 4.81. The van der Waals surface area contributed by atoms with E-state index in [0.717, 1.165) is 6.33 Å². The van der Waals surface area contributed by atoms with E-state index in [4.69, 9.17) is 5.73 Å². The number of halogens is 5. The molecule has 0 aromatic carbocycles. The third-order valence-electron chi connectivity index (χ3n) is 1.51. The average Bonchev–Trinajstić information content (AvgIpc) is 2.20. The molecule has 0 atom stereocenters. The molecule has 0 fully saturated rings. The van der Waals surface area contributed by atoms with Crippen molar-refractivity contribution in [2.24, 2.45) is 0 Å². The molecule has 4 nitrogen and oxygen atoms in total. The zero-order valence-electron chi connectivity index (χ0n) is 7.63. The minimum absolute atomic E-state index is 0.0367. The summed E-state index contributed by atoms with van der Waals surface area (Å²) in [6.07, 6.45) is -2.83. The number of rotatable bonds is 4. The van der Waals surface area contributed by atoms with Crippen LogP contribution in [0.2, 0.25) is 0 Å². The van der Waals surface area contributed by atoms with Gasteiger partial charge in [-0.25, -0.2) is 18.7 Å². The van der Waals surface area contributed by atoms with Gasteiger partial charge in [0.1, 0.15) is 16.6 Å². The first-order chi connectivity index (χ1) is 7.34. The molecule has 0 radical (unpaired) electrons. The summed E-state index contributed by atoms with van der Waals surface area (Å²) in [5.41, 5.74) is 5.31. The Balaban J connectivity index is 2.72. The molecule has 1 aromatic rings. The molecule has 0 bridgehead atoms. The lowest BCUT2D eigenvalue weighted by Gasteiger charge is -2.15. The van der Waals surface area contributed by atoms with Crippen LogP contribution in [0.4, 0.5) is 23.4 Å². The van der Waals surface area contributed by atoms with Gasteiger partial charge in [-0.3, -0.25) is 0 Å². The third-order valence-corrected chi connectivity index (χ3v) is 2.25. The summed E-state index contributed by atoms with van der Waals surface area (Å²) >= 11 is 2.88. The zero-order chi connectivity index (χ0) is 12.3. The second-order valence-electron chi connectivity index (χ2n) is 2.73. The smallest absolute Gasteiger partial charge is 0.340 e. The van der Waals surface area contributed by atoms with Crippen molar-refractivity contribution in [2.75, 3.05) is 12.3 Å². The molecule has 0 saturated heterocycles. The van der Waals surface area contributed by atoms with Gasteiger partial charge in [-0.1, -0.05) is 0 Å². The molecule has 9 heteroatoms. The summed E-state index contributed by atoms with van der Waals surface area (Å²) in [5, 5.41) is 0. The molecular weight excluding hydrogens is 298 g/mol. The number of nitrogens with zero attached hydrogens (tertiary/aromatic N) is 2. The molecular formula is C7H6BrF4N3O. The second-order valence-corrected chi connectivity index (χ2v) is 3.52. The lowest BCUT2D eigenvalue weighted by atomic mass is 10.4. The van der Waals surface area contributed by atoms with Crippen LogP contribution in [-0.4, -0.2) is 28.9 Å². The van der Waals surface area contributed by atoms with Crippen LogP contribution < -0.4 is 10.5 Å². The first-order valence-electron chi connectivity index (χ1n) is 3.89. The van der Waals surface area contributed by atoms with Crippen LogP contribution in [0.15, 0.2) is 10.8 Å². The van der Waals surface area contributed by atoms with Crippen molar-refractivity contribution >= 4 is 21.7 Å². The minimum Gasteiger partial charge on any atom is -0.470 e. The minimum atomic E-state index is -4.24. The number of nitrogen functional groups attached to an aromatic ring is 1. The monoisotopic (exact) mass is 303 g/mol. The van der Waals surface area contributed by atoms with E-state index in [1.807, 2.05) is 0 Å². The Morgan fingerprint density at radius 1 is 1.44 bits per heavy atom. The molecule has 1 aromatic heterocycles. The van der Waals surface area contributed by atoms with Gasteiger partial charge < -0.3 is 10.5 Å². The van der Waals surface area contributed by atoms with Gasteiger partial charge >= 0.3 is 12.3 Å². The van der Waals surface area contributed by atoms with E-state index in [2.05, 4.69) is 30.6 Å². The SMILES string of the molecule is Nc1ncnc(OCC(F)(F)C(F)F)c1Br. The van der Waals surface area contributed by atoms with E-state index in [0.29, 0.717) is 0 Å². The number of anilines is 1. The largest absolute Gasteiger partial charge is 0.470 e. The van der Waals surface area contributed by atoms with E-state index >= 15 is 0 Å². The van der Waals surface area contributed by atoms with E-state index in [1.54, 1.807) is 0 Å². The Bertz CT molecular complexity index is 377.